The number of hydrogen-bond donors (Lipinski definition) is 0. The third-order valence-corrected chi connectivity index (χ3v) is 7.14. The van der Waals surface area contributed by atoms with Crippen molar-refractivity contribution in [3.63, 3.8) is 0 Å². The molecule has 25 heavy (non-hydrogen) atoms. The van der Waals surface area contributed by atoms with Gasteiger partial charge in [-0.15, -0.1) is 22.7 Å². The largest absolute Gasteiger partial charge is 0.144 e. The quantitative estimate of drug-likeness (QED) is 0.243. The van der Waals surface area contributed by atoms with Crippen LogP contribution in [0.15, 0.2) is 66.0 Å². The molecule has 0 N–H and O–H groups in total. The lowest BCUT2D eigenvalue weighted by Crippen LogP contribution is -1.81. The van der Waals surface area contributed by atoms with Crippen molar-refractivity contribution in [3.05, 3.63) is 70.9 Å². The highest BCUT2D eigenvalue weighted by molar-refractivity contribution is 7.19. The molecule has 6 rings (SSSR count). The molecule has 0 aliphatic carbocycles. The van der Waals surface area contributed by atoms with Crippen LogP contribution in [0.4, 0.5) is 0 Å². The van der Waals surface area contributed by atoms with Crippen molar-refractivity contribution in [2.75, 3.05) is 0 Å². The van der Waals surface area contributed by atoms with Crippen LogP contribution in [0.5, 0.6) is 0 Å². The fraction of sp³-hybridized carbons (Fsp3) is 0.0435. The van der Waals surface area contributed by atoms with E-state index in [9.17, 15) is 0 Å². The average Bonchev–Trinajstić information content (AvgIpc) is 3.25. The van der Waals surface area contributed by atoms with Crippen LogP contribution in [0.1, 0.15) is 4.88 Å². The highest BCUT2D eigenvalue weighted by Crippen LogP contribution is 2.39. The van der Waals surface area contributed by atoms with Gasteiger partial charge in [-0.3, -0.25) is 0 Å². The zero-order valence-electron chi connectivity index (χ0n) is 13.7. The molecule has 0 fully saturated rings. The Kier molecular flexibility index (Phi) is 2.66. The summed E-state index contributed by atoms with van der Waals surface area (Å²) in [6.07, 6.45) is 0. The molecule has 0 radical (unpaired) electrons. The zero-order chi connectivity index (χ0) is 16.5. The number of hydrogen-bond acceptors (Lipinski definition) is 2. The second-order valence-corrected chi connectivity index (χ2v) is 8.88. The van der Waals surface area contributed by atoms with Crippen molar-refractivity contribution in [2.45, 2.75) is 6.92 Å². The molecule has 0 amide bonds. The van der Waals surface area contributed by atoms with Crippen LogP contribution < -0.4 is 0 Å². The summed E-state index contributed by atoms with van der Waals surface area (Å²) in [6.45, 7) is 2.19. The first-order chi connectivity index (χ1) is 12.3. The van der Waals surface area contributed by atoms with Crippen LogP contribution in [0.25, 0.3) is 52.5 Å². The lowest BCUT2D eigenvalue weighted by atomic mass is 9.95. The van der Waals surface area contributed by atoms with Crippen LogP contribution in [0.2, 0.25) is 0 Å². The van der Waals surface area contributed by atoms with Gasteiger partial charge in [0, 0.05) is 25.0 Å². The van der Waals surface area contributed by atoms with E-state index < -0.39 is 0 Å². The fourth-order valence-electron chi connectivity index (χ4n) is 4.14. The zero-order valence-corrected chi connectivity index (χ0v) is 15.3. The molecule has 0 saturated carbocycles. The van der Waals surface area contributed by atoms with E-state index in [1.807, 2.05) is 22.7 Å². The number of benzene rings is 4. The maximum Gasteiger partial charge on any atom is 0.0352 e. The Balaban J connectivity index is 1.83. The maximum atomic E-state index is 2.32. The summed E-state index contributed by atoms with van der Waals surface area (Å²) in [5.74, 6) is 0. The van der Waals surface area contributed by atoms with E-state index in [1.165, 1.54) is 57.4 Å². The highest BCUT2D eigenvalue weighted by Gasteiger charge is 2.10. The van der Waals surface area contributed by atoms with Crippen molar-refractivity contribution < 1.29 is 0 Å². The van der Waals surface area contributed by atoms with E-state index in [0.717, 1.165) is 0 Å². The van der Waals surface area contributed by atoms with E-state index in [2.05, 4.69) is 73.0 Å². The minimum Gasteiger partial charge on any atom is -0.144 e. The standard InChI is InChI=1S/C23H14S2/c1-13-12-21-19-5-3-14-15(17(19)7-9-23(21)25-13)2-4-18-16(14)6-8-22-20(18)10-11-24-22/h2-12H,1H3. The summed E-state index contributed by atoms with van der Waals surface area (Å²) in [5.41, 5.74) is 0. The summed E-state index contributed by atoms with van der Waals surface area (Å²) >= 11 is 3.69. The Hall–Kier alpha value is -2.42. The van der Waals surface area contributed by atoms with E-state index in [0.29, 0.717) is 0 Å². The van der Waals surface area contributed by atoms with E-state index >= 15 is 0 Å². The molecule has 0 unspecified atom stereocenters. The predicted molar refractivity (Wildman–Crippen MR) is 114 cm³/mol. The fourth-order valence-corrected chi connectivity index (χ4v) is 5.88. The average molecular weight is 354 g/mol. The van der Waals surface area contributed by atoms with Gasteiger partial charge in [-0.2, -0.15) is 0 Å². The first-order valence-corrected chi connectivity index (χ1v) is 10.1. The lowest BCUT2D eigenvalue weighted by Gasteiger charge is -2.09. The summed E-state index contributed by atoms with van der Waals surface area (Å²) < 4.78 is 2.74. The van der Waals surface area contributed by atoms with Gasteiger partial charge in [0.1, 0.15) is 0 Å². The molecule has 0 spiro atoms. The Bertz CT molecular complexity index is 1450. The number of aryl methyl sites for hydroxylation is 1. The van der Waals surface area contributed by atoms with Crippen molar-refractivity contribution in [1.82, 2.24) is 0 Å². The Morgan fingerprint density at radius 2 is 1.04 bits per heavy atom. The topological polar surface area (TPSA) is 0 Å². The maximum absolute atomic E-state index is 2.32. The second kappa shape index (κ2) is 4.81. The molecule has 0 aliphatic rings. The molecular weight excluding hydrogens is 340 g/mol. The molecule has 0 nitrogen and oxygen atoms in total. The van der Waals surface area contributed by atoms with Gasteiger partial charge in [-0.05, 0) is 68.9 Å². The van der Waals surface area contributed by atoms with Crippen molar-refractivity contribution >= 4 is 75.2 Å². The summed E-state index contributed by atoms with van der Waals surface area (Å²) in [4.78, 5) is 1.38. The summed E-state index contributed by atoms with van der Waals surface area (Å²) in [5, 5.41) is 13.1. The van der Waals surface area contributed by atoms with Crippen molar-refractivity contribution in [1.29, 1.82) is 0 Å². The molecule has 0 saturated heterocycles. The van der Waals surface area contributed by atoms with Gasteiger partial charge in [0.2, 0.25) is 0 Å². The molecular formula is C23H14S2. The van der Waals surface area contributed by atoms with Gasteiger partial charge < -0.3 is 0 Å². The third kappa shape index (κ3) is 1.81. The van der Waals surface area contributed by atoms with Gasteiger partial charge in [0.25, 0.3) is 0 Å². The molecule has 0 bridgehead atoms. The summed E-state index contributed by atoms with van der Waals surface area (Å²) in [6, 6.07) is 22.9. The van der Waals surface area contributed by atoms with Crippen LogP contribution in [-0.4, -0.2) is 0 Å². The van der Waals surface area contributed by atoms with E-state index in [4.69, 9.17) is 0 Å². The molecule has 0 aliphatic heterocycles. The van der Waals surface area contributed by atoms with Gasteiger partial charge in [0.15, 0.2) is 0 Å². The van der Waals surface area contributed by atoms with Crippen LogP contribution in [0, 0.1) is 6.92 Å². The van der Waals surface area contributed by atoms with Crippen molar-refractivity contribution in [3.8, 4) is 0 Å². The number of thiophene rings is 2. The van der Waals surface area contributed by atoms with Gasteiger partial charge in [-0.1, -0.05) is 36.4 Å². The van der Waals surface area contributed by atoms with Gasteiger partial charge in [0.05, 0.1) is 0 Å². The second-order valence-electron chi connectivity index (χ2n) is 6.65. The molecule has 2 heterocycles. The molecule has 2 aromatic heterocycles. The number of fused-ring (bicyclic) bond motifs is 9. The Morgan fingerprint density at radius 3 is 1.72 bits per heavy atom. The number of rotatable bonds is 0. The normalized spacial score (nSPS) is 12.2. The molecule has 118 valence electrons. The lowest BCUT2D eigenvalue weighted by molar-refractivity contribution is 1.66. The monoisotopic (exact) mass is 354 g/mol. The smallest absolute Gasteiger partial charge is 0.0352 e. The van der Waals surface area contributed by atoms with Gasteiger partial charge >= 0.3 is 0 Å². The first kappa shape index (κ1) is 13.8. The molecule has 4 aromatic carbocycles. The highest BCUT2D eigenvalue weighted by atomic mass is 32.1. The molecule has 0 atom stereocenters. The molecule has 2 heteroatoms. The van der Waals surface area contributed by atoms with Crippen molar-refractivity contribution in [2.24, 2.45) is 0 Å². The Labute approximate surface area is 152 Å². The minimum atomic E-state index is 1.35. The van der Waals surface area contributed by atoms with Crippen LogP contribution in [0.3, 0.4) is 0 Å². The predicted octanol–water partition coefficient (Wildman–Crippen LogP) is 7.88. The van der Waals surface area contributed by atoms with Gasteiger partial charge in [-0.25, -0.2) is 0 Å². The van der Waals surface area contributed by atoms with Crippen LogP contribution >= 0.6 is 22.7 Å². The van der Waals surface area contributed by atoms with Crippen LogP contribution in [-0.2, 0) is 0 Å². The first-order valence-electron chi connectivity index (χ1n) is 8.44. The third-order valence-electron chi connectivity index (χ3n) is 5.25. The minimum absolute atomic E-state index is 1.35. The van der Waals surface area contributed by atoms with E-state index in [-0.39, 0.29) is 0 Å². The molecule has 6 aromatic rings. The summed E-state index contributed by atoms with van der Waals surface area (Å²) in [7, 11) is 0. The SMILES string of the molecule is Cc1cc2c(ccc3c2ccc2c4ccc5sccc5c4ccc32)s1. The van der Waals surface area contributed by atoms with E-state index in [1.54, 1.807) is 0 Å². The Morgan fingerprint density at radius 1 is 0.520 bits per heavy atom.